The van der Waals surface area contributed by atoms with Crippen LogP contribution in [0.25, 0.3) is 10.8 Å². The summed E-state index contributed by atoms with van der Waals surface area (Å²) < 4.78 is 10.7. The van der Waals surface area contributed by atoms with E-state index in [0.717, 1.165) is 11.5 Å². The summed E-state index contributed by atoms with van der Waals surface area (Å²) in [4.78, 5) is 4.56. The van der Waals surface area contributed by atoms with Crippen molar-refractivity contribution in [2.24, 2.45) is 0 Å². The fourth-order valence-corrected chi connectivity index (χ4v) is 2.53. The molecule has 1 aromatic heterocycles. The second kappa shape index (κ2) is 4.48. The van der Waals surface area contributed by atoms with Crippen molar-refractivity contribution in [2.45, 2.75) is 25.2 Å². The molecule has 0 aliphatic heterocycles. The maximum atomic E-state index is 5.38. The van der Waals surface area contributed by atoms with Crippen LogP contribution in [0, 0.1) is 0 Å². The van der Waals surface area contributed by atoms with E-state index in [-0.39, 0.29) is 0 Å². The smallest absolute Gasteiger partial charge is 0.161 e. The summed E-state index contributed by atoms with van der Waals surface area (Å²) in [7, 11) is 3.33. The van der Waals surface area contributed by atoms with Crippen LogP contribution < -0.4 is 9.47 Å². The van der Waals surface area contributed by atoms with Crippen molar-refractivity contribution in [3.05, 3.63) is 30.1 Å². The normalized spacial score (nSPS) is 15.4. The zero-order chi connectivity index (χ0) is 12.5. The molecule has 0 radical (unpaired) electrons. The molecule has 1 aromatic carbocycles. The number of hydrogen-bond acceptors (Lipinski definition) is 3. The van der Waals surface area contributed by atoms with Crippen LogP contribution in [0.5, 0.6) is 11.5 Å². The standard InChI is InChI=1S/C15H17NO2/c1-17-13-8-11-6-7-16-15(10-4-3-5-10)12(11)9-14(13)18-2/h6-10H,3-5H2,1-2H3. The van der Waals surface area contributed by atoms with Crippen LogP contribution in [0.4, 0.5) is 0 Å². The summed E-state index contributed by atoms with van der Waals surface area (Å²) in [6.45, 7) is 0. The van der Waals surface area contributed by atoms with Gasteiger partial charge in [-0.2, -0.15) is 0 Å². The Morgan fingerprint density at radius 2 is 1.83 bits per heavy atom. The largest absolute Gasteiger partial charge is 0.493 e. The fraction of sp³-hybridized carbons (Fsp3) is 0.400. The lowest BCUT2D eigenvalue weighted by molar-refractivity contribution is 0.355. The maximum Gasteiger partial charge on any atom is 0.161 e. The molecule has 1 heterocycles. The van der Waals surface area contributed by atoms with E-state index in [9.17, 15) is 0 Å². The lowest BCUT2D eigenvalue weighted by Crippen LogP contribution is -2.11. The molecule has 3 rings (SSSR count). The van der Waals surface area contributed by atoms with E-state index < -0.39 is 0 Å². The number of hydrogen-bond donors (Lipinski definition) is 0. The summed E-state index contributed by atoms with van der Waals surface area (Å²) in [5.74, 6) is 2.17. The average molecular weight is 243 g/mol. The van der Waals surface area contributed by atoms with Gasteiger partial charge in [-0.3, -0.25) is 4.98 Å². The molecule has 2 aromatic rings. The Bertz CT molecular complexity index is 576. The molecular weight excluding hydrogens is 226 g/mol. The van der Waals surface area contributed by atoms with Gasteiger partial charge in [-0.05, 0) is 36.4 Å². The van der Waals surface area contributed by atoms with Gasteiger partial charge < -0.3 is 9.47 Å². The molecule has 0 spiro atoms. The molecule has 1 aliphatic rings. The Hall–Kier alpha value is -1.77. The first-order valence-corrected chi connectivity index (χ1v) is 6.34. The predicted octanol–water partition coefficient (Wildman–Crippen LogP) is 3.52. The van der Waals surface area contributed by atoms with Crippen molar-refractivity contribution in [3.63, 3.8) is 0 Å². The molecule has 0 bridgehead atoms. The third-order valence-electron chi connectivity index (χ3n) is 3.79. The summed E-state index contributed by atoms with van der Waals surface area (Å²) in [6.07, 6.45) is 5.71. The van der Waals surface area contributed by atoms with Gasteiger partial charge in [0.25, 0.3) is 0 Å². The highest BCUT2D eigenvalue weighted by atomic mass is 16.5. The topological polar surface area (TPSA) is 31.4 Å². The van der Waals surface area contributed by atoms with Gasteiger partial charge in [0, 0.05) is 17.5 Å². The molecular formula is C15H17NO2. The molecule has 0 amide bonds. The minimum atomic E-state index is 0.617. The summed E-state index contributed by atoms with van der Waals surface area (Å²) >= 11 is 0. The fourth-order valence-electron chi connectivity index (χ4n) is 2.53. The van der Waals surface area contributed by atoms with Crippen molar-refractivity contribution in [3.8, 4) is 11.5 Å². The van der Waals surface area contributed by atoms with Gasteiger partial charge in [0.1, 0.15) is 0 Å². The second-order valence-electron chi connectivity index (χ2n) is 4.75. The van der Waals surface area contributed by atoms with Crippen LogP contribution in [-0.2, 0) is 0 Å². The Morgan fingerprint density at radius 3 is 2.44 bits per heavy atom. The van der Waals surface area contributed by atoms with Crippen LogP contribution in [0.2, 0.25) is 0 Å². The molecule has 0 unspecified atom stereocenters. The number of benzene rings is 1. The zero-order valence-corrected chi connectivity index (χ0v) is 10.8. The van der Waals surface area contributed by atoms with Gasteiger partial charge in [-0.25, -0.2) is 0 Å². The van der Waals surface area contributed by atoms with Crippen LogP contribution in [0.3, 0.4) is 0 Å². The Morgan fingerprint density at radius 1 is 1.11 bits per heavy atom. The first-order chi connectivity index (χ1) is 8.83. The van der Waals surface area contributed by atoms with Crippen molar-refractivity contribution in [1.82, 2.24) is 4.98 Å². The van der Waals surface area contributed by atoms with Gasteiger partial charge in [0.15, 0.2) is 11.5 Å². The van der Waals surface area contributed by atoms with Gasteiger partial charge in [-0.1, -0.05) is 6.42 Å². The number of aromatic nitrogens is 1. The van der Waals surface area contributed by atoms with E-state index in [2.05, 4.69) is 11.1 Å². The number of nitrogens with zero attached hydrogens (tertiary/aromatic N) is 1. The van der Waals surface area contributed by atoms with E-state index in [1.165, 1.54) is 35.7 Å². The first kappa shape index (κ1) is 11.3. The molecule has 18 heavy (non-hydrogen) atoms. The first-order valence-electron chi connectivity index (χ1n) is 6.34. The molecule has 94 valence electrons. The minimum absolute atomic E-state index is 0.617. The van der Waals surface area contributed by atoms with Crippen LogP contribution in [0.15, 0.2) is 24.4 Å². The number of methoxy groups -OCH3 is 2. The molecule has 3 nitrogen and oxygen atoms in total. The lowest BCUT2D eigenvalue weighted by atomic mass is 9.81. The molecule has 1 saturated carbocycles. The summed E-state index contributed by atoms with van der Waals surface area (Å²) in [6, 6.07) is 6.10. The molecule has 3 heteroatoms. The molecule has 0 saturated heterocycles. The van der Waals surface area contributed by atoms with Crippen LogP contribution in [-0.4, -0.2) is 19.2 Å². The van der Waals surface area contributed by atoms with E-state index in [1.807, 2.05) is 18.3 Å². The van der Waals surface area contributed by atoms with Crippen molar-refractivity contribution in [1.29, 1.82) is 0 Å². The van der Waals surface area contributed by atoms with Gasteiger partial charge >= 0.3 is 0 Å². The Labute approximate surface area is 107 Å². The number of rotatable bonds is 3. The average Bonchev–Trinajstić information content (AvgIpc) is 2.35. The molecule has 1 fully saturated rings. The lowest BCUT2D eigenvalue weighted by Gasteiger charge is -2.26. The number of pyridine rings is 1. The summed E-state index contributed by atoms with van der Waals surface area (Å²) in [5, 5.41) is 2.37. The van der Waals surface area contributed by atoms with Gasteiger partial charge in [0.05, 0.1) is 19.9 Å². The highest BCUT2D eigenvalue weighted by Crippen LogP contribution is 2.41. The van der Waals surface area contributed by atoms with E-state index in [0.29, 0.717) is 5.92 Å². The number of ether oxygens (including phenoxy) is 2. The Kier molecular flexibility index (Phi) is 2.82. The minimum Gasteiger partial charge on any atom is -0.493 e. The highest BCUT2D eigenvalue weighted by Gasteiger charge is 2.23. The molecule has 1 aliphatic carbocycles. The van der Waals surface area contributed by atoms with E-state index in [4.69, 9.17) is 9.47 Å². The molecule has 0 atom stereocenters. The number of fused-ring (bicyclic) bond motifs is 1. The van der Waals surface area contributed by atoms with Crippen LogP contribution >= 0.6 is 0 Å². The zero-order valence-electron chi connectivity index (χ0n) is 10.8. The molecule has 0 N–H and O–H groups in total. The quantitative estimate of drug-likeness (QED) is 0.826. The second-order valence-corrected chi connectivity index (χ2v) is 4.75. The van der Waals surface area contributed by atoms with Crippen LogP contribution in [0.1, 0.15) is 30.9 Å². The monoisotopic (exact) mass is 243 g/mol. The SMILES string of the molecule is COc1cc2ccnc(C3CCC3)c2cc1OC. The van der Waals surface area contributed by atoms with E-state index in [1.54, 1.807) is 14.2 Å². The third-order valence-corrected chi connectivity index (χ3v) is 3.79. The Balaban J connectivity index is 2.20. The summed E-state index contributed by atoms with van der Waals surface area (Å²) in [5.41, 5.74) is 1.21. The van der Waals surface area contributed by atoms with Crippen molar-refractivity contribution < 1.29 is 9.47 Å². The predicted molar refractivity (Wildman–Crippen MR) is 71.4 cm³/mol. The van der Waals surface area contributed by atoms with E-state index >= 15 is 0 Å². The maximum absolute atomic E-state index is 5.38. The highest BCUT2D eigenvalue weighted by molar-refractivity contribution is 5.88. The van der Waals surface area contributed by atoms with Gasteiger partial charge in [0.2, 0.25) is 0 Å². The van der Waals surface area contributed by atoms with Gasteiger partial charge in [-0.15, -0.1) is 0 Å². The van der Waals surface area contributed by atoms with Crippen molar-refractivity contribution >= 4 is 10.8 Å². The third kappa shape index (κ3) is 1.70. The van der Waals surface area contributed by atoms with Crippen molar-refractivity contribution in [2.75, 3.05) is 14.2 Å².